The number of nitrogens with zero attached hydrogens (tertiary/aromatic N) is 3. The van der Waals surface area contributed by atoms with Crippen molar-refractivity contribution in [2.24, 2.45) is 0 Å². The second kappa shape index (κ2) is 8.60. The summed E-state index contributed by atoms with van der Waals surface area (Å²) >= 11 is 0. The molecule has 0 spiro atoms. The molecule has 1 amide bonds. The Kier molecular flexibility index (Phi) is 6.48. The number of hydrogen-bond donors (Lipinski definition) is 2. The minimum Gasteiger partial charge on any atom is -0.465 e. The lowest BCUT2D eigenvalue weighted by Gasteiger charge is -2.35. The van der Waals surface area contributed by atoms with E-state index in [1.807, 2.05) is 4.90 Å². The number of piperazine rings is 1. The Morgan fingerprint density at radius 1 is 1.20 bits per heavy atom. The predicted octanol–water partition coefficient (Wildman–Crippen LogP) is 1.63. The molecule has 2 saturated heterocycles. The molecule has 1 atom stereocenters. The van der Waals surface area contributed by atoms with Gasteiger partial charge in [0.05, 0.1) is 11.8 Å². The first-order valence-electron chi connectivity index (χ1n) is 9.55. The van der Waals surface area contributed by atoms with E-state index in [1.165, 1.54) is 11.0 Å². The molecule has 1 aromatic rings. The van der Waals surface area contributed by atoms with Gasteiger partial charge in [-0.15, -0.1) is 0 Å². The summed E-state index contributed by atoms with van der Waals surface area (Å²) in [6.07, 6.45) is -4.01. The number of benzene rings is 1. The average Bonchev–Trinajstić information content (AvgIpc) is 3.07. The average molecular weight is 450 g/mol. The molecule has 2 fully saturated rings. The lowest BCUT2D eigenvalue weighted by atomic mass is 10.0. The van der Waals surface area contributed by atoms with E-state index in [2.05, 4.69) is 4.72 Å². The molecule has 3 rings (SSSR count). The quantitative estimate of drug-likeness (QED) is 0.709. The zero-order valence-electron chi connectivity index (χ0n) is 16.5. The van der Waals surface area contributed by atoms with Crippen LogP contribution >= 0.6 is 0 Å². The van der Waals surface area contributed by atoms with Crippen LogP contribution in [0.5, 0.6) is 0 Å². The molecule has 2 N–H and O–H groups in total. The maximum absolute atomic E-state index is 13.7. The van der Waals surface area contributed by atoms with E-state index in [0.29, 0.717) is 31.7 Å². The summed E-state index contributed by atoms with van der Waals surface area (Å²) in [6.45, 7) is 1.93. The van der Waals surface area contributed by atoms with Crippen LogP contribution in [0.25, 0.3) is 0 Å². The van der Waals surface area contributed by atoms with E-state index in [9.17, 15) is 26.4 Å². The smallest absolute Gasteiger partial charge is 0.416 e. The number of amides is 1. The molecule has 12 heteroatoms. The number of sulfonamides is 1. The molecule has 2 aliphatic heterocycles. The van der Waals surface area contributed by atoms with Crippen molar-refractivity contribution in [3.63, 3.8) is 0 Å². The van der Waals surface area contributed by atoms with Crippen molar-refractivity contribution in [2.75, 3.05) is 50.4 Å². The minimum absolute atomic E-state index is 0.0408. The lowest BCUT2D eigenvalue weighted by molar-refractivity contribution is -0.138. The molecule has 0 aromatic heterocycles. The molecule has 0 bridgehead atoms. The van der Waals surface area contributed by atoms with Crippen molar-refractivity contribution in [3.05, 3.63) is 29.3 Å². The van der Waals surface area contributed by atoms with E-state index in [1.54, 1.807) is 11.0 Å². The van der Waals surface area contributed by atoms with E-state index in [-0.39, 0.29) is 37.8 Å². The van der Waals surface area contributed by atoms with Gasteiger partial charge >= 0.3 is 12.3 Å². The normalized spacial score (nSPS) is 21.3. The highest BCUT2D eigenvalue weighted by Gasteiger charge is 2.37. The third kappa shape index (κ3) is 5.55. The fourth-order valence-electron chi connectivity index (χ4n) is 4.00. The first kappa shape index (κ1) is 22.6. The number of anilines is 1. The fourth-order valence-corrected chi connectivity index (χ4v) is 4.80. The molecule has 1 aromatic carbocycles. The standard InChI is InChI=1S/C18H25F3N4O4S/c1-30(28,29)22-13-5-6-25(11-13)16-4-2-3-15(18(19,20)21)14(16)12-23-7-9-24(10-8-23)17(26)27/h2-4,13,22H,5-12H2,1H3,(H,26,27)/t13-/m1/s1. The highest BCUT2D eigenvalue weighted by molar-refractivity contribution is 7.88. The molecular formula is C18H25F3N4O4S. The molecule has 2 aliphatic rings. The van der Waals surface area contributed by atoms with Crippen molar-refractivity contribution >= 4 is 21.8 Å². The van der Waals surface area contributed by atoms with Gasteiger partial charge in [-0.3, -0.25) is 4.90 Å². The lowest BCUT2D eigenvalue weighted by Crippen LogP contribution is -2.48. The molecule has 0 unspecified atom stereocenters. The zero-order valence-corrected chi connectivity index (χ0v) is 17.3. The fraction of sp³-hybridized carbons (Fsp3) is 0.611. The maximum atomic E-state index is 13.7. The number of halogens is 3. The van der Waals surface area contributed by atoms with Gasteiger partial charge in [-0.25, -0.2) is 17.9 Å². The van der Waals surface area contributed by atoms with Crippen molar-refractivity contribution in [3.8, 4) is 0 Å². The number of alkyl halides is 3. The molecule has 8 nitrogen and oxygen atoms in total. The molecule has 30 heavy (non-hydrogen) atoms. The second-order valence-corrected chi connectivity index (χ2v) is 9.45. The van der Waals surface area contributed by atoms with Gasteiger partial charge in [-0.1, -0.05) is 6.07 Å². The van der Waals surface area contributed by atoms with Crippen LogP contribution in [-0.4, -0.2) is 81.0 Å². The van der Waals surface area contributed by atoms with Crippen LogP contribution in [0.3, 0.4) is 0 Å². The highest BCUT2D eigenvalue weighted by atomic mass is 32.2. The third-order valence-electron chi connectivity index (χ3n) is 5.39. The Labute approximate surface area is 173 Å². The highest BCUT2D eigenvalue weighted by Crippen LogP contribution is 2.38. The van der Waals surface area contributed by atoms with Crippen molar-refractivity contribution in [1.29, 1.82) is 0 Å². The van der Waals surface area contributed by atoms with Crippen molar-refractivity contribution in [2.45, 2.75) is 25.2 Å². The van der Waals surface area contributed by atoms with Gasteiger partial charge in [0.25, 0.3) is 0 Å². The number of nitrogens with one attached hydrogen (secondary N) is 1. The van der Waals surface area contributed by atoms with Gasteiger partial charge < -0.3 is 14.9 Å². The molecule has 2 heterocycles. The predicted molar refractivity (Wildman–Crippen MR) is 105 cm³/mol. The van der Waals surface area contributed by atoms with Gasteiger partial charge in [0.2, 0.25) is 10.0 Å². The Morgan fingerprint density at radius 3 is 2.43 bits per heavy atom. The van der Waals surface area contributed by atoms with E-state index < -0.39 is 27.9 Å². The largest absolute Gasteiger partial charge is 0.465 e. The van der Waals surface area contributed by atoms with Gasteiger partial charge in [-0.2, -0.15) is 13.2 Å². The minimum atomic E-state index is -4.53. The third-order valence-corrected chi connectivity index (χ3v) is 6.15. The number of carboxylic acid groups (broad SMARTS) is 1. The molecule has 168 valence electrons. The first-order chi connectivity index (χ1) is 13.9. The Balaban J connectivity index is 1.83. The van der Waals surface area contributed by atoms with E-state index in [4.69, 9.17) is 5.11 Å². The number of carbonyl (C=O) groups is 1. The summed E-state index contributed by atoms with van der Waals surface area (Å²) in [5.41, 5.74) is -0.155. The summed E-state index contributed by atoms with van der Waals surface area (Å²) in [7, 11) is -3.41. The summed E-state index contributed by atoms with van der Waals surface area (Å²) in [5.74, 6) is 0. The Hall–Kier alpha value is -2.05. The number of hydrogen-bond acceptors (Lipinski definition) is 5. The van der Waals surface area contributed by atoms with Crippen LogP contribution in [0.2, 0.25) is 0 Å². The number of rotatable bonds is 5. The topological polar surface area (TPSA) is 93.2 Å². The molecule has 0 radical (unpaired) electrons. The van der Waals surface area contributed by atoms with Crippen molar-refractivity contribution < 1.29 is 31.5 Å². The Bertz CT molecular complexity index is 886. The van der Waals surface area contributed by atoms with Gasteiger partial charge in [0, 0.05) is 63.1 Å². The van der Waals surface area contributed by atoms with Gasteiger partial charge in [0.1, 0.15) is 0 Å². The summed E-state index contributed by atoms with van der Waals surface area (Å²) in [4.78, 5) is 15.9. The van der Waals surface area contributed by atoms with E-state index >= 15 is 0 Å². The van der Waals surface area contributed by atoms with Gasteiger partial charge in [-0.05, 0) is 18.6 Å². The van der Waals surface area contributed by atoms with Crippen LogP contribution in [-0.2, 0) is 22.7 Å². The van der Waals surface area contributed by atoms with Crippen molar-refractivity contribution in [1.82, 2.24) is 14.5 Å². The van der Waals surface area contributed by atoms with E-state index in [0.717, 1.165) is 12.3 Å². The van der Waals surface area contributed by atoms with Crippen LogP contribution < -0.4 is 9.62 Å². The second-order valence-electron chi connectivity index (χ2n) is 7.67. The summed E-state index contributed by atoms with van der Waals surface area (Å²) < 4.78 is 66.7. The van der Waals surface area contributed by atoms with Gasteiger partial charge in [0.15, 0.2) is 0 Å². The van der Waals surface area contributed by atoms with Crippen LogP contribution in [0.1, 0.15) is 17.5 Å². The van der Waals surface area contributed by atoms with Crippen LogP contribution in [0.15, 0.2) is 18.2 Å². The summed E-state index contributed by atoms with van der Waals surface area (Å²) in [6, 6.07) is 3.68. The zero-order chi connectivity index (χ0) is 22.1. The van der Waals surface area contributed by atoms with Crippen LogP contribution in [0.4, 0.5) is 23.7 Å². The summed E-state index contributed by atoms with van der Waals surface area (Å²) in [5, 5.41) is 9.06. The first-order valence-corrected chi connectivity index (χ1v) is 11.4. The van der Waals surface area contributed by atoms with Crippen LogP contribution in [0, 0.1) is 0 Å². The molecular weight excluding hydrogens is 425 g/mol. The maximum Gasteiger partial charge on any atom is 0.416 e. The Morgan fingerprint density at radius 2 is 1.87 bits per heavy atom. The molecule has 0 aliphatic carbocycles. The SMILES string of the molecule is CS(=O)(=O)N[C@@H]1CCN(c2cccc(C(F)(F)F)c2CN2CCN(C(=O)O)CC2)C1. The molecule has 0 saturated carbocycles. The monoisotopic (exact) mass is 450 g/mol.